The van der Waals surface area contributed by atoms with Gasteiger partial charge in [-0.05, 0) is 65.5 Å². The fraction of sp³-hybridized carbons (Fsp3) is 0.500. The molecule has 1 N–H and O–H groups in total. The van der Waals surface area contributed by atoms with E-state index in [9.17, 15) is 4.79 Å². The number of hydrogen-bond donors (Lipinski definition) is 1. The van der Waals surface area contributed by atoms with E-state index in [1.165, 1.54) is 19.3 Å². The molecule has 0 radical (unpaired) electrons. The van der Waals surface area contributed by atoms with E-state index in [0.29, 0.717) is 22.4 Å². The molecule has 1 aliphatic rings. The third kappa shape index (κ3) is 4.08. The molecule has 2 unspecified atom stereocenters. The molecule has 0 saturated heterocycles. The summed E-state index contributed by atoms with van der Waals surface area (Å²) < 4.78 is 0.933. The van der Waals surface area contributed by atoms with Gasteiger partial charge in [-0.1, -0.05) is 34.0 Å². The summed E-state index contributed by atoms with van der Waals surface area (Å²) in [5.74, 6) is 1.27. The molecule has 104 valence electrons. The van der Waals surface area contributed by atoms with E-state index in [1.807, 2.05) is 6.07 Å². The van der Waals surface area contributed by atoms with Gasteiger partial charge in [-0.25, -0.2) is 0 Å². The van der Waals surface area contributed by atoms with Gasteiger partial charge in [-0.15, -0.1) is 0 Å². The van der Waals surface area contributed by atoms with E-state index >= 15 is 0 Å². The minimum absolute atomic E-state index is 0.0212. The number of hydrogen-bond acceptors (Lipinski definition) is 1. The summed E-state index contributed by atoms with van der Waals surface area (Å²) in [5.41, 5.74) is 0.668. The zero-order valence-electron chi connectivity index (χ0n) is 10.5. The highest BCUT2D eigenvalue weighted by atomic mass is 127. The molecule has 1 amide bonds. The summed E-state index contributed by atoms with van der Waals surface area (Å²) in [6.07, 6.45) is 3.75. The van der Waals surface area contributed by atoms with Crippen LogP contribution in [0.4, 0.5) is 0 Å². The van der Waals surface area contributed by atoms with Crippen LogP contribution >= 0.6 is 50.1 Å². The van der Waals surface area contributed by atoms with Crippen LogP contribution in [-0.2, 0) is 0 Å². The maximum absolute atomic E-state index is 12.2. The molecule has 2 atom stereocenters. The van der Waals surface area contributed by atoms with Gasteiger partial charge in [0.1, 0.15) is 0 Å². The van der Waals surface area contributed by atoms with Crippen LogP contribution in [0.5, 0.6) is 0 Å². The molecular weight excluding hydrogens is 440 g/mol. The Balaban J connectivity index is 1.96. The number of alkyl halides is 1. The summed E-state index contributed by atoms with van der Waals surface area (Å²) in [6, 6.07) is 5.40. The molecule has 0 aromatic heterocycles. The minimum atomic E-state index is -0.0212. The van der Waals surface area contributed by atoms with Crippen molar-refractivity contribution >= 4 is 56.0 Å². The zero-order chi connectivity index (χ0) is 13.8. The van der Waals surface area contributed by atoms with Crippen molar-refractivity contribution in [3.8, 4) is 0 Å². The fourth-order valence-corrected chi connectivity index (χ4v) is 4.18. The fourth-order valence-electron chi connectivity index (χ4n) is 2.58. The topological polar surface area (TPSA) is 29.1 Å². The van der Waals surface area contributed by atoms with Crippen molar-refractivity contribution in [3.05, 3.63) is 32.4 Å². The highest BCUT2D eigenvalue weighted by molar-refractivity contribution is 14.1. The van der Waals surface area contributed by atoms with Gasteiger partial charge in [0.05, 0.1) is 5.56 Å². The zero-order valence-corrected chi connectivity index (χ0v) is 15.0. The first kappa shape index (κ1) is 15.6. The van der Waals surface area contributed by atoms with Crippen LogP contribution in [-0.4, -0.2) is 17.8 Å². The molecule has 1 fully saturated rings. The summed E-state index contributed by atoms with van der Waals surface area (Å²) in [5, 5.41) is 4.68. The van der Waals surface area contributed by atoms with Gasteiger partial charge in [0.25, 0.3) is 5.91 Å². The molecule has 2 rings (SSSR count). The van der Waals surface area contributed by atoms with Gasteiger partial charge in [-0.3, -0.25) is 4.79 Å². The average molecular weight is 457 g/mol. The molecule has 0 spiro atoms. The van der Waals surface area contributed by atoms with Crippen LogP contribution in [0.25, 0.3) is 0 Å². The maximum atomic E-state index is 12.2. The largest absolute Gasteiger partial charge is 0.352 e. The van der Waals surface area contributed by atoms with E-state index in [1.54, 1.807) is 12.1 Å². The highest BCUT2D eigenvalue weighted by Crippen LogP contribution is 2.32. The molecule has 2 nitrogen and oxygen atoms in total. The second-order valence-corrected chi connectivity index (χ2v) is 7.19. The molecule has 19 heavy (non-hydrogen) atoms. The molecule has 0 heterocycles. The number of carbonyl (C=O) groups is 1. The second-order valence-electron chi connectivity index (χ2n) is 4.94. The predicted octanol–water partition coefficient (Wildman–Crippen LogP) is 4.49. The molecule has 0 aliphatic heterocycles. The first-order chi connectivity index (χ1) is 9.11. The Bertz CT molecular complexity index is 469. The van der Waals surface area contributed by atoms with Gasteiger partial charge in [-0.2, -0.15) is 0 Å². The average Bonchev–Trinajstić information content (AvgIpc) is 2.86. The lowest BCUT2D eigenvalue weighted by atomic mass is 9.98. The standard InChI is InChI=1S/C14H16BrClINO/c15-7-9-2-1-3-10(9)8-18-14(19)12-6-11(16)4-5-13(12)17/h4-6,9-10H,1-3,7-8H2,(H,18,19). The Kier molecular flexibility index (Phi) is 5.96. The number of benzene rings is 1. The Morgan fingerprint density at radius 1 is 1.42 bits per heavy atom. The number of carbonyl (C=O) groups excluding carboxylic acids is 1. The van der Waals surface area contributed by atoms with Crippen molar-refractivity contribution in [1.29, 1.82) is 0 Å². The van der Waals surface area contributed by atoms with E-state index in [0.717, 1.165) is 15.4 Å². The Morgan fingerprint density at radius 3 is 2.89 bits per heavy atom. The van der Waals surface area contributed by atoms with Crippen LogP contribution in [0, 0.1) is 15.4 Å². The lowest BCUT2D eigenvalue weighted by molar-refractivity contribution is 0.0944. The van der Waals surface area contributed by atoms with Gasteiger partial charge in [0, 0.05) is 20.5 Å². The van der Waals surface area contributed by atoms with Crippen molar-refractivity contribution in [2.75, 3.05) is 11.9 Å². The maximum Gasteiger partial charge on any atom is 0.252 e. The van der Waals surface area contributed by atoms with Crippen LogP contribution in [0.3, 0.4) is 0 Å². The minimum Gasteiger partial charge on any atom is -0.352 e. The van der Waals surface area contributed by atoms with Crippen LogP contribution in [0.1, 0.15) is 29.6 Å². The number of halogens is 3. The van der Waals surface area contributed by atoms with Crippen molar-refractivity contribution in [2.24, 2.45) is 11.8 Å². The smallest absolute Gasteiger partial charge is 0.252 e. The Labute approximate surface area is 140 Å². The van der Waals surface area contributed by atoms with Crippen molar-refractivity contribution in [2.45, 2.75) is 19.3 Å². The van der Waals surface area contributed by atoms with Gasteiger partial charge >= 0.3 is 0 Å². The van der Waals surface area contributed by atoms with Crippen LogP contribution in [0.15, 0.2) is 18.2 Å². The van der Waals surface area contributed by atoms with Gasteiger partial charge in [0.15, 0.2) is 0 Å². The molecule has 1 aromatic rings. The van der Waals surface area contributed by atoms with E-state index in [4.69, 9.17) is 11.6 Å². The quantitative estimate of drug-likeness (QED) is 0.525. The summed E-state index contributed by atoms with van der Waals surface area (Å²) in [6.45, 7) is 0.762. The third-order valence-electron chi connectivity index (χ3n) is 3.71. The molecule has 5 heteroatoms. The lowest BCUT2D eigenvalue weighted by Gasteiger charge is -2.18. The predicted molar refractivity (Wildman–Crippen MR) is 91.1 cm³/mol. The van der Waals surface area contributed by atoms with Crippen molar-refractivity contribution in [3.63, 3.8) is 0 Å². The van der Waals surface area contributed by atoms with E-state index < -0.39 is 0 Å². The van der Waals surface area contributed by atoms with Gasteiger partial charge in [0.2, 0.25) is 0 Å². The third-order valence-corrected chi connectivity index (χ3v) is 5.72. The summed E-state index contributed by atoms with van der Waals surface area (Å²) >= 11 is 11.7. The lowest BCUT2D eigenvalue weighted by Crippen LogP contribution is -2.31. The van der Waals surface area contributed by atoms with Crippen LogP contribution in [0.2, 0.25) is 5.02 Å². The highest BCUT2D eigenvalue weighted by Gasteiger charge is 2.26. The van der Waals surface area contributed by atoms with Crippen molar-refractivity contribution in [1.82, 2.24) is 5.32 Å². The SMILES string of the molecule is O=C(NCC1CCCC1CBr)c1cc(Cl)ccc1I. The molecule has 0 bridgehead atoms. The number of nitrogens with one attached hydrogen (secondary N) is 1. The van der Waals surface area contributed by atoms with Crippen LogP contribution < -0.4 is 5.32 Å². The molecule has 1 saturated carbocycles. The molecule has 1 aromatic carbocycles. The number of amides is 1. The van der Waals surface area contributed by atoms with E-state index in [-0.39, 0.29) is 5.91 Å². The second kappa shape index (κ2) is 7.27. The summed E-state index contributed by atoms with van der Waals surface area (Å²) in [7, 11) is 0. The normalized spacial score (nSPS) is 22.5. The Hall–Kier alpha value is 0.190. The molecule has 1 aliphatic carbocycles. The first-order valence-corrected chi connectivity index (χ1v) is 8.99. The van der Waals surface area contributed by atoms with E-state index in [2.05, 4.69) is 43.8 Å². The molecular formula is C14H16BrClINO. The van der Waals surface area contributed by atoms with Gasteiger partial charge < -0.3 is 5.32 Å². The Morgan fingerprint density at radius 2 is 2.16 bits per heavy atom. The monoisotopic (exact) mass is 455 g/mol. The van der Waals surface area contributed by atoms with Crippen molar-refractivity contribution < 1.29 is 4.79 Å². The first-order valence-electron chi connectivity index (χ1n) is 6.41. The summed E-state index contributed by atoms with van der Waals surface area (Å²) in [4.78, 5) is 12.2. The number of rotatable bonds is 4.